The molecule has 1 atom stereocenters. The van der Waals surface area contributed by atoms with Crippen molar-refractivity contribution in [3.8, 4) is 22.2 Å². The summed E-state index contributed by atoms with van der Waals surface area (Å²) in [6.45, 7) is 4.12. The van der Waals surface area contributed by atoms with E-state index in [-0.39, 0.29) is 5.25 Å². The molecule has 1 saturated carbocycles. The number of nitrogens with zero attached hydrogens (tertiary/aromatic N) is 5. The Morgan fingerprint density at radius 3 is 2.79 bits per heavy atom. The van der Waals surface area contributed by atoms with Crippen molar-refractivity contribution in [2.75, 3.05) is 0 Å². The van der Waals surface area contributed by atoms with E-state index in [1.807, 2.05) is 24.3 Å². The maximum absolute atomic E-state index is 5.96. The van der Waals surface area contributed by atoms with E-state index in [1.54, 1.807) is 23.1 Å². The molecule has 0 bridgehead atoms. The predicted molar refractivity (Wildman–Crippen MR) is 110 cm³/mol. The fraction of sp³-hybridized carbons (Fsp3) is 0.300. The van der Waals surface area contributed by atoms with Crippen LogP contribution in [-0.2, 0) is 0 Å². The minimum atomic E-state index is -0.0102. The van der Waals surface area contributed by atoms with Gasteiger partial charge in [-0.1, -0.05) is 35.5 Å². The minimum Gasteiger partial charge on any atom is -0.419 e. The Bertz CT molecular complexity index is 1100. The SMILES string of the molecule is Cc1cccc(-c2nnc([C@H](C)Sc3nnc(-c4cccs4)n3C3CC3)o2)c1. The van der Waals surface area contributed by atoms with Gasteiger partial charge in [-0.25, -0.2) is 0 Å². The third kappa shape index (κ3) is 3.38. The molecule has 142 valence electrons. The largest absolute Gasteiger partial charge is 0.419 e. The Balaban J connectivity index is 1.40. The van der Waals surface area contributed by atoms with Crippen LogP contribution in [0.15, 0.2) is 51.4 Å². The summed E-state index contributed by atoms with van der Waals surface area (Å²) >= 11 is 3.31. The molecule has 1 aliphatic rings. The Kier molecular flexibility index (Phi) is 4.52. The number of thioether (sulfide) groups is 1. The summed E-state index contributed by atoms with van der Waals surface area (Å²) in [7, 11) is 0. The third-order valence-corrected chi connectivity index (χ3v) is 6.56. The van der Waals surface area contributed by atoms with E-state index < -0.39 is 0 Å². The molecule has 8 heteroatoms. The lowest BCUT2D eigenvalue weighted by Crippen LogP contribution is -2.00. The molecule has 0 amide bonds. The zero-order valence-corrected chi connectivity index (χ0v) is 17.2. The maximum atomic E-state index is 5.96. The van der Waals surface area contributed by atoms with Gasteiger partial charge in [0.2, 0.25) is 11.8 Å². The van der Waals surface area contributed by atoms with E-state index in [1.165, 1.54) is 18.4 Å². The van der Waals surface area contributed by atoms with Crippen molar-refractivity contribution in [2.45, 2.75) is 43.1 Å². The topological polar surface area (TPSA) is 69.6 Å². The van der Waals surface area contributed by atoms with Gasteiger partial charge in [-0.2, -0.15) is 0 Å². The summed E-state index contributed by atoms with van der Waals surface area (Å²) in [6, 6.07) is 12.7. The Labute approximate surface area is 171 Å². The summed E-state index contributed by atoms with van der Waals surface area (Å²) in [5.74, 6) is 2.11. The van der Waals surface area contributed by atoms with E-state index in [0.29, 0.717) is 17.8 Å². The summed E-state index contributed by atoms with van der Waals surface area (Å²) in [6.07, 6.45) is 2.35. The Hall–Kier alpha value is -2.45. The first-order valence-electron chi connectivity index (χ1n) is 9.25. The van der Waals surface area contributed by atoms with Crippen LogP contribution in [-0.4, -0.2) is 25.0 Å². The van der Waals surface area contributed by atoms with Gasteiger partial charge in [0.25, 0.3) is 0 Å². The molecular formula is C20H19N5OS2. The van der Waals surface area contributed by atoms with Crippen LogP contribution in [0.3, 0.4) is 0 Å². The number of rotatable bonds is 6. The average Bonchev–Trinajstić information content (AvgIpc) is 3.12. The van der Waals surface area contributed by atoms with Crippen LogP contribution < -0.4 is 0 Å². The zero-order valence-electron chi connectivity index (χ0n) is 15.6. The van der Waals surface area contributed by atoms with Crippen LogP contribution in [0.5, 0.6) is 0 Å². The second-order valence-corrected chi connectivity index (χ2v) is 9.22. The van der Waals surface area contributed by atoms with Crippen molar-refractivity contribution in [1.29, 1.82) is 0 Å². The number of benzene rings is 1. The number of hydrogen-bond acceptors (Lipinski definition) is 7. The highest BCUT2D eigenvalue weighted by atomic mass is 32.2. The van der Waals surface area contributed by atoms with Crippen molar-refractivity contribution < 1.29 is 4.42 Å². The smallest absolute Gasteiger partial charge is 0.247 e. The van der Waals surface area contributed by atoms with Crippen LogP contribution >= 0.6 is 23.1 Å². The van der Waals surface area contributed by atoms with E-state index in [2.05, 4.69) is 56.3 Å². The summed E-state index contributed by atoms with van der Waals surface area (Å²) in [5, 5.41) is 20.4. The van der Waals surface area contributed by atoms with Crippen molar-refractivity contribution in [2.24, 2.45) is 0 Å². The zero-order chi connectivity index (χ0) is 19.1. The Morgan fingerprint density at radius 2 is 2.04 bits per heavy atom. The predicted octanol–water partition coefficient (Wildman–Crippen LogP) is 5.55. The normalized spacial score (nSPS) is 15.1. The number of aryl methyl sites for hydroxylation is 1. The molecule has 6 nitrogen and oxygen atoms in total. The van der Waals surface area contributed by atoms with Gasteiger partial charge >= 0.3 is 0 Å². The van der Waals surface area contributed by atoms with Crippen LogP contribution in [0.2, 0.25) is 0 Å². The lowest BCUT2D eigenvalue weighted by Gasteiger charge is -2.10. The van der Waals surface area contributed by atoms with Crippen LogP contribution in [0.25, 0.3) is 22.2 Å². The first kappa shape index (κ1) is 17.6. The fourth-order valence-electron chi connectivity index (χ4n) is 3.10. The molecule has 0 saturated heterocycles. The lowest BCUT2D eigenvalue weighted by molar-refractivity contribution is 0.508. The van der Waals surface area contributed by atoms with Crippen LogP contribution in [0.1, 0.15) is 42.5 Å². The second kappa shape index (κ2) is 7.18. The molecule has 0 radical (unpaired) electrons. The summed E-state index contributed by atoms with van der Waals surface area (Å²) in [5.41, 5.74) is 2.11. The molecule has 1 fully saturated rings. The van der Waals surface area contributed by atoms with E-state index in [0.717, 1.165) is 21.4 Å². The van der Waals surface area contributed by atoms with Crippen molar-refractivity contribution in [3.63, 3.8) is 0 Å². The molecular weight excluding hydrogens is 390 g/mol. The molecule has 3 aromatic heterocycles. The van der Waals surface area contributed by atoms with Crippen molar-refractivity contribution in [1.82, 2.24) is 25.0 Å². The second-order valence-electron chi connectivity index (χ2n) is 6.96. The monoisotopic (exact) mass is 409 g/mol. The molecule has 1 aromatic carbocycles. The molecule has 0 spiro atoms. The quantitative estimate of drug-likeness (QED) is 0.389. The number of thiophene rings is 1. The highest BCUT2D eigenvalue weighted by Crippen LogP contribution is 2.44. The van der Waals surface area contributed by atoms with Gasteiger partial charge in [-0.15, -0.1) is 31.7 Å². The van der Waals surface area contributed by atoms with Gasteiger partial charge in [-0.3, -0.25) is 4.57 Å². The van der Waals surface area contributed by atoms with Gasteiger partial charge in [0, 0.05) is 11.6 Å². The molecule has 5 rings (SSSR count). The number of aromatic nitrogens is 5. The lowest BCUT2D eigenvalue weighted by atomic mass is 10.1. The molecule has 1 aliphatic carbocycles. The molecule has 0 N–H and O–H groups in total. The average molecular weight is 410 g/mol. The highest BCUT2D eigenvalue weighted by molar-refractivity contribution is 7.99. The first-order chi connectivity index (χ1) is 13.7. The van der Waals surface area contributed by atoms with Gasteiger partial charge in [0.1, 0.15) is 0 Å². The van der Waals surface area contributed by atoms with E-state index >= 15 is 0 Å². The Morgan fingerprint density at radius 1 is 1.14 bits per heavy atom. The highest BCUT2D eigenvalue weighted by Gasteiger charge is 2.31. The molecule has 0 aliphatic heterocycles. The minimum absolute atomic E-state index is 0.0102. The fourth-order valence-corrected chi connectivity index (χ4v) is 4.75. The van der Waals surface area contributed by atoms with Crippen LogP contribution in [0.4, 0.5) is 0 Å². The molecule has 28 heavy (non-hydrogen) atoms. The maximum Gasteiger partial charge on any atom is 0.247 e. The van der Waals surface area contributed by atoms with Crippen molar-refractivity contribution in [3.05, 3.63) is 53.2 Å². The van der Waals surface area contributed by atoms with Gasteiger partial charge in [0.15, 0.2) is 11.0 Å². The van der Waals surface area contributed by atoms with Crippen molar-refractivity contribution >= 4 is 23.1 Å². The summed E-state index contributed by atoms with van der Waals surface area (Å²) in [4.78, 5) is 1.15. The molecule has 0 unspecified atom stereocenters. The van der Waals surface area contributed by atoms with Gasteiger partial charge < -0.3 is 4.42 Å². The summed E-state index contributed by atoms with van der Waals surface area (Å²) < 4.78 is 8.22. The van der Waals surface area contributed by atoms with Gasteiger partial charge in [-0.05, 0) is 50.3 Å². The van der Waals surface area contributed by atoms with Gasteiger partial charge in [0.05, 0.1) is 10.1 Å². The van der Waals surface area contributed by atoms with E-state index in [9.17, 15) is 0 Å². The van der Waals surface area contributed by atoms with Crippen LogP contribution in [0, 0.1) is 6.92 Å². The number of hydrogen-bond donors (Lipinski definition) is 0. The standard InChI is InChI=1S/C20H19N5OS2/c1-12-5-3-6-14(11-12)19-23-22-18(26-19)13(2)28-20-24-21-17(16-7-4-10-27-16)25(20)15-8-9-15/h3-7,10-11,13,15H,8-9H2,1-2H3/t13-/m0/s1. The first-order valence-corrected chi connectivity index (χ1v) is 11.0. The molecule has 4 aromatic rings. The molecule has 3 heterocycles. The third-order valence-electron chi connectivity index (χ3n) is 4.65. The van der Waals surface area contributed by atoms with E-state index in [4.69, 9.17) is 4.42 Å².